The largest absolute Gasteiger partial charge is 0.573 e. The number of hydrogen-bond donors (Lipinski definition) is 0. The molecule has 4 radical (unpaired) electrons. The molecule has 0 fully saturated rings. The zero-order valence-electron chi connectivity index (χ0n) is 10.5. The highest BCUT2D eigenvalue weighted by atomic mass is 28.3. The van der Waals surface area contributed by atoms with Gasteiger partial charge in [-0.15, -0.1) is 0 Å². The third kappa shape index (κ3) is 3.92. The number of rotatable bonds is 3. The molecule has 0 aromatic carbocycles. The fourth-order valence-electron chi connectivity index (χ4n) is 1.83. The van der Waals surface area contributed by atoms with Crippen LogP contribution in [0.5, 0.6) is 0 Å². The molecule has 80 valence electrons. The highest BCUT2D eigenvalue weighted by Gasteiger charge is 2.32. The molecule has 0 saturated carbocycles. The minimum Gasteiger partial charge on any atom is -0.573 e. The number of likely N-dealkylation sites (N-methyl/N-ethyl adjacent to an activating group) is 1. The second-order valence-corrected chi connectivity index (χ2v) is 10.9. The van der Waals surface area contributed by atoms with Crippen LogP contribution in [0.4, 0.5) is 0 Å². The normalized spacial score (nSPS) is 18.0. The molecule has 0 aliphatic heterocycles. The SMILES string of the molecule is [B-][N+](C)(C)CC1=C([Si](C)(C)C)[CH+][CH]C=C1. The fourth-order valence-corrected chi connectivity index (χ4v) is 3.55. The smallest absolute Gasteiger partial charge is 0.130 e. The number of hydrogen-bond acceptors (Lipinski definition) is 0. The standard InChI is InChI=1S/C12H21BNSi/c1-14(2,13)10-11-8-6-7-9-12(11)15(3,4)5/h6-9H,10H2,1-5H3/q+1. The van der Waals surface area contributed by atoms with E-state index in [0.29, 0.717) is 4.39 Å². The predicted octanol–water partition coefficient (Wildman–Crippen LogP) is 2.30. The molecule has 0 atom stereocenters. The molecule has 0 N–H and O–H groups in total. The molecule has 0 spiro atoms. The van der Waals surface area contributed by atoms with Crippen molar-refractivity contribution in [3.8, 4) is 0 Å². The molecular formula is C12H21BNSi+. The van der Waals surface area contributed by atoms with E-state index >= 15 is 0 Å². The summed E-state index contributed by atoms with van der Waals surface area (Å²) in [5.74, 6) is 0. The van der Waals surface area contributed by atoms with Gasteiger partial charge in [-0.2, -0.15) is 0 Å². The van der Waals surface area contributed by atoms with Gasteiger partial charge >= 0.3 is 0 Å². The van der Waals surface area contributed by atoms with Crippen molar-refractivity contribution in [1.29, 1.82) is 0 Å². The molecule has 0 heterocycles. The maximum absolute atomic E-state index is 6.03. The molecule has 1 aliphatic carbocycles. The Morgan fingerprint density at radius 1 is 1.33 bits per heavy atom. The zero-order chi connectivity index (χ0) is 11.7. The number of quaternary nitrogens is 1. The van der Waals surface area contributed by atoms with Crippen molar-refractivity contribution in [2.45, 2.75) is 19.6 Å². The van der Waals surface area contributed by atoms with Crippen molar-refractivity contribution in [2.75, 3.05) is 20.6 Å². The lowest BCUT2D eigenvalue weighted by atomic mass is 10.0. The van der Waals surface area contributed by atoms with E-state index in [0.717, 1.165) is 6.54 Å². The molecule has 0 amide bonds. The van der Waals surface area contributed by atoms with Crippen LogP contribution in [0, 0.1) is 12.8 Å². The van der Waals surface area contributed by atoms with Gasteiger partial charge in [0.1, 0.15) is 20.2 Å². The van der Waals surface area contributed by atoms with Crippen LogP contribution in [0.3, 0.4) is 0 Å². The molecule has 0 unspecified atom stereocenters. The van der Waals surface area contributed by atoms with Gasteiger partial charge in [-0.25, -0.2) is 7.98 Å². The van der Waals surface area contributed by atoms with Gasteiger partial charge in [0.15, 0.2) is 0 Å². The van der Waals surface area contributed by atoms with Crippen LogP contribution < -0.4 is 0 Å². The summed E-state index contributed by atoms with van der Waals surface area (Å²) in [4.78, 5) is 0. The quantitative estimate of drug-likeness (QED) is 0.503. The Hall–Kier alpha value is -0.408. The van der Waals surface area contributed by atoms with Crippen molar-refractivity contribution in [2.24, 2.45) is 0 Å². The van der Waals surface area contributed by atoms with Gasteiger partial charge < -0.3 is 4.39 Å². The second kappa shape index (κ2) is 4.22. The van der Waals surface area contributed by atoms with E-state index in [1.54, 1.807) is 0 Å². The predicted molar refractivity (Wildman–Crippen MR) is 70.8 cm³/mol. The number of allylic oxidation sites excluding steroid dienone is 2. The van der Waals surface area contributed by atoms with Gasteiger partial charge in [-0.05, 0) is 6.08 Å². The Morgan fingerprint density at radius 3 is 2.40 bits per heavy atom. The average molecular weight is 218 g/mol. The zero-order valence-corrected chi connectivity index (χ0v) is 11.5. The van der Waals surface area contributed by atoms with Gasteiger partial charge in [-0.3, -0.25) is 0 Å². The van der Waals surface area contributed by atoms with Gasteiger partial charge in [-0.1, -0.05) is 19.6 Å². The summed E-state index contributed by atoms with van der Waals surface area (Å²) in [5.41, 5.74) is 1.41. The van der Waals surface area contributed by atoms with Crippen LogP contribution in [0.15, 0.2) is 22.9 Å². The molecule has 0 saturated heterocycles. The summed E-state index contributed by atoms with van der Waals surface area (Å²) in [6.07, 6.45) is 8.71. The molecule has 0 bridgehead atoms. The molecule has 1 nitrogen and oxygen atoms in total. The average Bonchev–Trinajstić information content (AvgIpc) is 1.99. The molecular weight excluding hydrogens is 197 g/mol. The van der Waals surface area contributed by atoms with Gasteiger partial charge in [0.05, 0.1) is 11.6 Å². The van der Waals surface area contributed by atoms with E-state index in [4.69, 9.17) is 7.98 Å². The summed E-state index contributed by atoms with van der Waals surface area (Å²) >= 11 is 0. The van der Waals surface area contributed by atoms with Gasteiger partial charge in [0.25, 0.3) is 0 Å². The molecule has 1 rings (SSSR count). The Morgan fingerprint density at radius 2 is 1.93 bits per heavy atom. The Balaban J connectivity index is 2.98. The van der Waals surface area contributed by atoms with Crippen molar-refractivity contribution >= 4 is 16.1 Å². The molecule has 0 aromatic heterocycles. The first-order valence-corrected chi connectivity index (χ1v) is 8.90. The summed E-state index contributed by atoms with van der Waals surface area (Å²) in [6.45, 7) is 8.04. The summed E-state index contributed by atoms with van der Waals surface area (Å²) in [5, 5.41) is 1.53. The second-order valence-electron chi connectivity index (χ2n) is 5.84. The van der Waals surface area contributed by atoms with Crippen LogP contribution in [-0.4, -0.2) is 41.1 Å². The lowest BCUT2D eigenvalue weighted by Gasteiger charge is -2.39. The Bertz CT molecular complexity index is 292. The van der Waals surface area contributed by atoms with E-state index in [-0.39, 0.29) is 0 Å². The first-order valence-electron chi connectivity index (χ1n) is 5.40. The van der Waals surface area contributed by atoms with E-state index in [2.05, 4.69) is 44.6 Å². The third-order valence-electron chi connectivity index (χ3n) is 2.40. The topological polar surface area (TPSA) is 0 Å². The maximum Gasteiger partial charge on any atom is 0.130 e. The molecule has 1 aliphatic rings. The number of nitrogens with zero attached hydrogens (tertiary/aromatic N) is 1. The highest BCUT2D eigenvalue weighted by molar-refractivity contribution is 6.83. The monoisotopic (exact) mass is 218 g/mol. The van der Waals surface area contributed by atoms with Crippen molar-refractivity contribution in [3.05, 3.63) is 35.8 Å². The van der Waals surface area contributed by atoms with Crippen LogP contribution in [0.25, 0.3) is 0 Å². The van der Waals surface area contributed by atoms with Crippen LogP contribution >= 0.6 is 0 Å². The van der Waals surface area contributed by atoms with Crippen molar-refractivity contribution in [1.82, 2.24) is 0 Å². The first-order chi connectivity index (χ1) is 6.70. The Labute approximate surface area is 96.9 Å². The summed E-state index contributed by atoms with van der Waals surface area (Å²) in [6, 6.07) is 0. The van der Waals surface area contributed by atoms with E-state index in [9.17, 15) is 0 Å². The Kier molecular flexibility index (Phi) is 3.56. The van der Waals surface area contributed by atoms with E-state index in [1.807, 2.05) is 14.1 Å². The molecule has 0 aromatic rings. The van der Waals surface area contributed by atoms with E-state index < -0.39 is 8.07 Å². The third-order valence-corrected chi connectivity index (χ3v) is 4.51. The molecule has 3 heteroatoms. The van der Waals surface area contributed by atoms with Gasteiger partial charge in [0, 0.05) is 26.6 Å². The lowest BCUT2D eigenvalue weighted by molar-refractivity contribution is -0.767. The van der Waals surface area contributed by atoms with Crippen LogP contribution in [0.1, 0.15) is 0 Å². The van der Waals surface area contributed by atoms with Crippen LogP contribution in [-0.2, 0) is 0 Å². The first kappa shape index (κ1) is 12.7. The van der Waals surface area contributed by atoms with Crippen molar-refractivity contribution in [3.63, 3.8) is 0 Å². The minimum atomic E-state index is -1.24. The van der Waals surface area contributed by atoms with Crippen LogP contribution in [0.2, 0.25) is 19.6 Å². The summed E-state index contributed by atoms with van der Waals surface area (Å²) < 4.78 is 0.501. The molecule has 15 heavy (non-hydrogen) atoms. The van der Waals surface area contributed by atoms with Gasteiger partial charge in [0.2, 0.25) is 0 Å². The lowest BCUT2D eigenvalue weighted by Crippen LogP contribution is -2.40. The maximum atomic E-state index is 6.03. The highest BCUT2D eigenvalue weighted by Crippen LogP contribution is 2.27. The van der Waals surface area contributed by atoms with Crippen molar-refractivity contribution < 1.29 is 4.39 Å². The minimum absolute atomic E-state index is 0.501. The fraction of sp³-hybridized carbons (Fsp3) is 0.500. The summed E-state index contributed by atoms with van der Waals surface area (Å²) in [7, 11) is 8.85. The van der Waals surface area contributed by atoms with E-state index in [1.165, 1.54) is 10.8 Å².